The van der Waals surface area contributed by atoms with Gasteiger partial charge in [-0.05, 0) is 49.2 Å². The summed E-state index contributed by atoms with van der Waals surface area (Å²) in [6.07, 6.45) is 1.01. The second-order valence-electron chi connectivity index (χ2n) is 6.98. The molecular formula is C20H16Cl4N2O2S2. The van der Waals surface area contributed by atoms with E-state index in [1.165, 1.54) is 29.5 Å². The van der Waals surface area contributed by atoms with Gasteiger partial charge < -0.3 is 4.90 Å². The van der Waals surface area contributed by atoms with Crippen molar-refractivity contribution in [3.05, 3.63) is 61.9 Å². The average molecular weight is 522 g/mol. The van der Waals surface area contributed by atoms with Crippen LogP contribution in [0, 0.1) is 0 Å². The van der Waals surface area contributed by atoms with Gasteiger partial charge in [0.1, 0.15) is 0 Å². The number of sulfone groups is 1. The van der Waals surface area contributed by atoms with Crippen LogP contribution in [0.2, 0.25) is 20.1 Å². The number of benzene rings is 2. The predicted octanol–water partition coefficient (Wildman–Crippen LogP) is 6.87. The molecule has 0 radical (unpaired) electrons. The van der Waals surface area contributed by atoms with Crippen molar-refractivity contribution >= 4 is 72.7 Å². The first-order valence-corrected chi connectivity index (χ1v) is 13.0. The van der Waals surface area contributed by atoms with E-state index in [-0.39, 0.29) is 4.90 Å². The molecule has 4 nitrogen and oxygen atoms in total. The Kier molecular flexibility index (Phi) is 6.54. The summed E-state index contributed by atoms with van der Waals surface area (Å²) in [5, 5.41) is 4.06. The Morgan fingerprint density at radius 1 is 0.933 bits per heavy atom. The zero-order valence-corrected chi connectivity index (χ0v) is 20.1. The van der Waals surface area contributed by atoms with Crippen molar-refractivity contribution in [2.24, 2.45) is 0 Å². The summed E-state index contributed by atoms with van der Waals surface area (Å²) in [5.41, 5.74) is 1.60. The zero-order valence-electron chi connectivity index (χ0n) is 15.5. The van der Waals surface area contributed by atoms with Gasteiger partial charge in [0, 0.05) is 39.1 Å². The summed E-state index contributed by atoms with van der Waals surface area (Å²) in [6, 6.07) is 9.75. The quantitative estimate of drug-likeness (QED) is 0.376. The fraction of sp³-hybridized carbons (Fsp3) is 0.250. The number of hydrogen-bond donors (Lipinski definition) is 0. The summed E-state index contributed by atoms with van der Waals surface area (Å²) < 4.78 is 26.0. The largest absolute Gasteiger partial charge is 0.348 e. The minimum absolute atomic E-state index is 0.173. The Hall–Kier alpha value is -1.02. The first-order valence-electron chi connectivity index (χ1n) is 9.10. The number of thiazole rings is 1. The molecule has 2 aromatic carbocycles. The smallest absolute Gasteiger partial charge is 0.185 e. The van der Waals surface area contributed by atoms with E-state index in [4.69, 9.17) is 51.4 Å². The molecule has 0 amide bonds. The molecule has 30 heavy (non-hydrogen) atoms. The van der Waals surface area contributed by atoms with Crippen LogP contribution in [0.1, 0.15) is 12.8 Å². The van der Waals surface area contributed by atoms with Crippen LogP contribution in [0.3, 0.4) is 0 Å². The maximum absolute atomic E-state index is 13.0. The highest BCUT2D eigenvalue weighted by Gasteiger charge is 2.32. The molecular weight excluding hydrogens is 506 g/mol. The lowest BCUT2D eigenvalue weighted by atomic mass is 10.1. The van der Waals surface area contributed by atoms with Crippen molar-refractivity contribution in [2.75, 3.05) is 18.0 Å². The minimum atomic E-state index is -3.50. The average Bonchev–Trinajstić information content (AvgIpc) is 3.17. The molecule has 4 rings (SSSR count). The minimum Gasteiger partial charge on any atom is -0.348 e. The summed E-state index contributed by atoms with van der Waals surface area (Å²) in [4.78, 5) is 6.98. The lowest BCUT2D eigenvalue weighted by molar-refractivity contribution is 0.529. The maximum atomic E-state index is 13.0. The molecule has 0 atom stereocenters. The topological polar surface area (TPSA) is 50.3 Å². The first-order chi connectivity index (χ1) is 14.2. The highest BCUT2D eigenvalue weighted by atomic mass is 35.5. The number of piperidine rings is 1. The van der Waals surface area contributed by atoms with Crippen molar-refractivity contribution in [1.29, 1.82) is 0 Å². The Morgan fingerprint density at radius 3 is 2.23 bits per heavy atom. The third-order valence-electron chi connectivity index (χ3n) is 5.02. The number of anilines is 1. The zero-order chi connectivity index (χ0) is 21.5. The number of aromatic nitrogens is 1. The van der Waals surface area contributed by atoms with E-state index in [1.807, 2.05) is 11.4 Å². The van der Waals surface area contributed by atoms with Gasteiger partial charge in [-0.25, -0.2) is 13.4 Å². The molecule has 1 fully saturated rings. The van der Waals surface area contributed by atoms with Gasteiger partial charge in [-0.3, -0.25) is 0 Å². The Labute approximate surface area is 199 Å². The van der Waals surface area contributed by atoms with Crippen molar-refractivity contribution in [3.8, 4) is 11.3 Å². The molecule has 0 aliphatic carbocycles. The van der Waals surface area contributed by atoms with Crippen molar-refractivity contribution in [2.45, 2.75) is 23.0 Å². The van der Waals surface area contributed by atoms with Crippen LogP contribution in [-0.4, -0.2) is 31.7 Å². The molecule has 3 aromatic rings. The summed E-state index contributed by atoms with van der Waals surface area (Å²) in [7, 11) is -3.50. The van der Waals surface area contributed by atoms with Crippen LogP contribution in [0.5, 0.6) is 0 Å². The Balaban J connectivity index is 1.48. The number of halogens is 4. The number of rotatable bonds is 4. The van der Waals surface area contributed by atoms with Gasteiger partial charge in [0.25, 0.3) is 0 Å². The molecule has 0 N–H and O–H groups in total. The van der Waals surface area contributed by atoms with Crippen molar-refractivity contribution in [1.82, 2.24) is 4.98 Å². The molecule has 0 bridgehead atoms. The third-order valence-corrected chi connectivity index (χ3v) is 9.14. The Morgan fingerprint density at radius 2 is 1.60 bits per heavy atom. The normalized spacial score (nSPS) is 15.5. The molecule has 1 aromatic heterocycles. The molecule has 1 saturated heterocycles. The highest BCUT2D eigenvalue weighted by Crippen LogP contribution is 2.35. The lowest BCUT2D eigenvalue weighted by Crippen LogP contribution is -2.39. The summed E-state index contributed by atoms with van der Waals surface area (Å²) in [5.74, 6) is 0. The van der Waals surface area contributed by atoms with E-state index in [2.05, 4.69) is 4.90 Å². The third kappa shape index (κ3) is 4.59. The first kappa shape index (κ1) is 22.2. The highest BCUT2D eigenvalue weighted by molar-refractivity contribution is 7.92. The number of nitrogens with zero attached hydrogens (tertiary/aromatic N) is 2. The van der Waals surface area contributed by atoms with E-state index in [0.29, 0.717) is 46.0 Å². The van der Waals surface area contributed by atoms with Gasteiger partial charge in [-0.2, -0.15) is 0 Å². The lowest BCUT2D eigenvalue weighted by Gasteiger charge is -2.31. The van der Waals surface area contributed by atoms with Crippen LogP contribution >= 0.6 is 57.7 Å². The monoisotopic (exact) mass is 520 g/mol. The molecule has 0 saturated carbocycles. The van der Waals surface area contributed by atoms with Gasteiger partial charge in [0.15, 0.2) is 15.0 Å². The SMILES string of the molecule is O=S(=O)(c1cc(Cl)cc(Cl)c1)C1CCN(c2nc(-c3ccc(Cl)cc3Cl)cs2)CC1. The van der Waals surface area contributed by atoms with E-state index < -0.39 is 15.1 Å². The fourth-order valence-electron chi connectivity index (χ4n) is 3.47. The molecule has 158 valence electrons. The molecule has 10 heteroatoms. The van der Waals surface area contributed by atoms with Gasteiger partial charge >= 0.3 is 0 Å². The summed E-state index contributed by atoms with van der Waals surface area (Å²) in [6.45, 7) is 1.19. The van der Waals surface area contributed by atoms with Gasteiger partial charge in [0.05, 0.1) is 20.9 Å². The fourth-order valence-corrected chi connectivity index (χ4v) is 7.31. The molecule has 0 spiro atoms. The second kappa shape index (κ2) is 8.85. The predicted molar refractivity (Wildman–Crippen MR) is 126 cm³/mol. The second-order valence-corrected chi connectivity index (χ2v) is 11.8. The van der Waals surface area contributed by atoms with E-state index in [0.717, 1.165) is 16.4 Å². The Bertz CT molecular complexity index is 1170. The van der Waals surface area contributed by atoms with Crippen LogP contribution in [-0.2, 0) is 9.84 Å². The van der Waals surface area contributed by atoms with E-state index >= 15 is 0 Å². The van der Waals surface area contributed by atoms with Crippen LogP contribution in [0.15, 0.2) is 46.7 Å². The van der Waals surface area contributed by atoms with E-state index in [9.17, 15) is 8.42 Å². The molecule has 1 aliphatic heterocycles. The number of hydrogen-bond acceptors (Lipinski definition) is 5. The molecule has 2 heterocycles. The molecule has 1 aliphatic rings. The van der Waals surface area contributed by atoms with Gasteiger partial charge in [0.2, 0.25) is 0 Å². The van der Waals surface area contributed by atoms with Crippen LogP contribution in [0.4, 0.5) is 5.13 Å². The van der Waals surface area contributed by atoms with Crippen LogP contribution in [0.25, 0.3) is 11.3 Å². The van der Waals surface area contributed by atoms with Crippen molar-refractivity contribution in [3.63, 3.8) is 0 Å². The van der Waals surface area contributed by atoms with Gasteiger partial charge in [-0.15, -0.1) is 11.3 Å². The van der Waals surface area contributed by atoms with Crippen molar-refractivity contribution < 1.29 is 8.42 Å². The molecule has 0 unspecified atom stereocenters. The standard InChI is InChI=1S/C20H16Cl4N2O2S2/c21-12-1-2-17(18(24)10-12)19-11-29-20(25-19)26-5-3-15(4-6-26)30(27,28)16-8-13(22)7-14(23)9-16/h1-2,7-11,15H,3-6H2. The van der Waals surface area contributed by atoms with Gasteiger partial charge in [-0.1, -0.05) is 46.4 Å². The van der Waals surface area contributed by atoms with Crippen LogP contribution < -0.4 is 4.90 Å². The maximum Gasteiger partial charge on any atom is 0.185 e. The summed E-state index contributed by atoms with van der Waals surface area (Å²) >= 11 is 25.8. The van der Waals surface area contributed by atoms with E-state index in [1.54, 1.807) is 12.1 Å².